The molecule has 0 radical (unpaired) electrons. The van der Waals surface area contributed by atoms with Gasteiger partial charge in [-0.1, -0.05) is 58.3 Å². The SMILES string of the molecule is CCCCCCCCCCCC(=O)Nc1nc(Cl)nc2c1ccn2[C@@H]1O[C@H](CO)[C@@H](O)[C@@H]1F. The van der Waals surface area contributed by atoms with Gasteiger partial charge in [0.1, 0.15) is 23.7 Å². The van der Waals surface area contributed by atoms with Crippen molar-refractivity contribution in [2.75, 3.05) is 11.9 Å². The Bertz CT molecular complexity index is 912. The van der Waals surface area contributed by atoms with Crippen LogP contribution in [-0.4, -0.2) is 55.6 Å². The number of aliphatic hydroxyl groups excluding tert-OH is 2. The van der Waals surface area contributed by atoms with Crippen LogP contribution in [0.4, 0.5) is 10.2 Å². The van der Waals surface area contributed by atoms with Crippen LogP contribution < -0.4 is 5.32 Å². The van der Waals surface area contributed by atoms with Crippen LogP contribution in [0, 0.1) is 0 Å². The Hall–Kier alpha value is -1.81. The lowest BCUT2D eigenvalue weighted by molar-refractivity contribution is -0.116. The van der Waals surface area contributed by atoms with Crippen LogP contribution in [0.1, 0.15) is 77.4 Å². The molecule has 1 aliphatic heterocycles. The molecule has 2 aromatic heterocycles. The molecular formula is C23H34ClFN4O4. The smallest absolute Gasteiger partial charge is 0.226 e. The predicted octanol–water partition coefficient (Wildman–Crippen LogP) is 4.53. The number of anilines is 1. The second kappa shape index (κ2) is 12.6. The molecule has 0 aliphatic carbocycles. The molecule has 0 bridgehead atoms. The summed E-state index contributed by atoms with van der Waals surface area (Å²) in [5.74, 6) is 0.0790. The number of ether oxygens (including phenoxy) is 1. The topological polar surface area (TPSA) is 110 Å². The number of fused-ring (bicyclic) bond motifs is 1. The van der Waals surface area contributed by atoms with E-state index in [1.165, 1.54) is 49.3 Å². The van der Waals surface area contributed by atoms with Crippen LogP contribution in [0.3, 0.4) is 0 Å². The first-order valence-electron chi connectivity index (χ1n) is 11.9. The minimum absolute atomic E-state index is 0.103. The van der Waals surface area contributed by atoms with Gasteiger partial charge in [-0.3, -0.25) is 4.79 Å². The average Bonchev–Trinajstić information content (AvgIpc) is 3.33. The second-order valence-corrected chi connectivity index (χ2v) is 8.95. The Labute approximate surface area is 198 Å². The molecule has 8 nitrogen and oxygen atoms in total. The Morgan fingerprint density at radius 3 is 2.48 bits per heavy atom. The first kappa shape index (κ1) is 25.8. The number of nitrogens with zero attached hydrogens (tertiary/aromatic N) is 3. The van der Waals surface area contributed by atoms with Gasteiger partial charge in [-0.2, -0.15) is 9.97 Å². The maximum absolute atomic E-state index is 14.6. The third-order valence-electron chi connectivity index (χ3n) is 6.06. The summed E-state index contributed by atoms with van der Waals surface area (Å²) < 4.78 is 21.4. The number of hydrogen-bond acceptors (Lipinski definition) is 6. The van der Waals surface area contributed by atoms with E-state index in [1.54, 1.807) is 6.07 Å². The molecule has 0 aromatic carbocycles. The summed E-state index contributed by atoms with van der Waals surface area (Å²) >= 11 is 6.06. The standard InChI is InChI=1S/C23H34ClFN4O4/c1-2-3-4-5-6-7-8-9-10-11-17(31)26-20-15-12-13-29(21(15)28-23(24)27-20)22-18(25)19(32)16(14-30)33-22/h12-13,16,18-19,22,30,32H,2-11,14H2,1H3,(H,26,27,28,31)/t16-,18+,19-,22-/m1/s1. The molecular weight excluding hydrogens is 451 g/mol. The van der Waals surface area contributed by atoms with E-state index < -0.39 is 31.2 Å². The van der Waals surface area contributed by atoms with Gasteiger partial charge in [0.05, 0.1) is 12.0 Å². The summed E-state index contributed by atoms with van der Waals surface area (Å²) in [7, 11) is 0. The molecule has 2 aromatic rings. The number of carbonyl (C=O) groups is 1. The number of amides is 1. The van der Waals surface area contributed by atoms with Crippen molar-refractivity contribution >= 4 is 34.4 Å². The van der Waals surface area contributed by atoms with Crippen molar-refractivity contribution in [3.05, 3.63) is 17.5 Å². The number of halogens is 2. The molecule has 1 saturated heterocycles. The molecule has 1 amide bonds. The first-order chi connectivity index (χ1) is 16.0. The van der Waals surface area contributed by atoms with Crippen molar-refractivity contribution < 1.29 is 24.1 Å². The minimum atomic E-state index is -1.75. The highest BCUT2D eigenvalue weighted by molar-refractivity contribution is 6.28. The van der Waals surface area contributed by atoms with Gasteiger partial charge in [0.2, 0.25) is 11.2 Å². The van der Waals surface area contributed by atoms with E-state index in [2.05, 4.69) is 22.2 Å². The molecule has 184 valence electrons. The minimum Gasteiger partial charge on any atom is -0.394 e. The maximum Gasteiger partial charge on any atom is 0.226 e. The van der Waals surface area contributed by atoms with E-state index in [1.807, 2.05) is 0 Å². The Balaban J connectivity index is 1.55. The first-order valence-corrected chi connectivity index (χ1v) is 12.3. The highest BCUT2D eigenvalue weighted by Gasteiger charge is 2.45. The highest BCUT2D eigenvalue weighted by atomic mass is 35.5. The third kappa shape index (κ3) is 6.62. The molecule has 33 heavy (non-hydrogen) atoms. The number of nitrogens with one attached hydrogen (secondary N) is 1. The number of unbranched alkanes of at least 4 members (excludes halogenated alkanes) is 8. The van der Waals surface area contributed by atoms with Gasteiger partial charge in [0.25, 0.3) is 0 Å². The fourth-order valence-electron chi connectivity index (χ4n) is 4.18. The number of alkyl halides is 1. The fraction of sp³-hybridized carbons (Fsp3) is 0.696. The van der Waals surface area contributed by atoms with Crippen LogP contribution in [-0.2, 0) is 9.53 Å². The number of aromatic nitrogens is 3. The zero-order chi connectivity index (χ0) is 23.8. The lowest BCUT2D eigenvalue weighted by atomic mass is 10.1. The van der Waals surface area contributed by atoms with Crippen molar-refractivity contribution in [3.63, 3.8) is 0 Å². The van der Waals surface area contributed by atoms with Crippen LogP contribution in [0.25, 0.3) is 11.0 Å². The zero-order valence-corrected chi connectivity index (χ0v) is 19.8. The zero-order valence-electron chi connectivity index (χ0n) is 19.1. The summed E-state index contributed by atoms with van der Waals surface area (Å²) in [4.78, 5) is 20.7. The lowest BCUT2D eigenvalue weighted by Crippen LogP contribution is -2.30. The van der Waals surface area contributed by atoms with E-state index in [9.17, 15) is 19.4 Å². The third-order valence-corrected chi connectivity index (χ3v) is 6.23. The maximum atomic E-state index is 14.6. The number of aliphatic hydroxyl groups is 2. The molecule has 0 spiro atoms. The summed E-state index contributed by atoms with van der Waals surface area (Å²) in [5.41, 5.74) is 0.270. The monoisotopic (exact) mass is 484 g/mol. The van der Waals surface area contributed by atoms with Crippen molar-refractivity contribution in [2.45, 2.75) is 95.7 Å². The molecule has 0 saturated carbocycles. The van der Waals surface area contributed by atoms with E-state index in [4.69, 9.17) is 16.3 Å². The predicted molar refractivity (Wildman–Crippen MR) is 125 cm³/mol. The van der Waals surface area contributed by atoms with Gasteiger partial charge in [-0.15, -0.1) is 0 Å². The van der Waals surface area contributed by atoms with Gasteiger partial charge in [-0.05, 0) is 24.1 Å². The average molecular weight is 485 g/mol. The largest absolute Gasteiger partial charge is 0.394 e. The molecule has 1 aliphatic rings. The number of hydrogen-bond donors (Lipinski definition) is 3. The van der Waals surface area contributed by atoms with Crippen LogP contribution >= 0.6 is 11.6 Å². The molecule has 0 unspecified atom stereocenters. The Morgan fingerprint density at radius 1 is 1.18 bits per heavy atom. The van der Waals surface area contributed by atoms with Gasteiger partial charge in [-0.25, -0.2) is 4.39 Å². The molecule has 10 heteroatoms. The lowest BCUT2D eigenvalue weighted by Gasteiger charge is -2.16. The van der Waals surface area contributed by atoms with Crippen molar-refractivity contribution in [1.82, 2.24) is 14.5 Å². The van der Waals surface area contributed by atoms with Crippen molar-refractivity contribution in [1.29, 1.82) is 0 Å². The summed E-state index contributed by atoms with van der Waals surface area (Å²) in [6.45, 7) is 1.70. The molecule has 3 N–H and O–H groups in total. The molecule has 3 rings (SSSR count). The van der Waals surface area contributed by atoms with Gasteiger partial charge < -0.3 is 24.8 Å². The van der Waals surface area contributed by atoms with Gasteiger partial charge in [0.15, 0.2) is 12.4 Å². The van der Waals surface area contributed by atoms with Crippen LogP contribution in [0.15, 0.2) is 12.3 Å². The fourth-order valence-corrected chi connectivity index (χ4v) is 4.34. The summed E-state index contributed by atoms with van der Waals surface area (Å²) in [6.07, 6.45) is 7.02. The quantitative estimate of drug-likeness (QED) is 0.284. The van der Waals surface area contributed by atoms with E-state index in [-0.39, 0.29) is 22.7 Å². The molecule has 4 atom stereocenters. The second-order valence-electron chi connectivity index (χ2n) is 8.61. The van der Waals surface area contributed by atoms with E-state index in [0.717, 1.165) is 19.3 Å². The van der Waals surface area contributed by atoms with Crippen LogP contribution in [0.5, 0.6) is 0 Å². The summed E-state index contributed by atoms with van der Waals surface area (Å²) in [6, 6.07) is 1.63. The van der Waals surface area contributed by atoms with Gasteiger partial charge in [0, 0.05) is 12.6 Å². The van der Waals surface area contributed by atoms with Crippen molar-refractivity contribution in [2.24, 2.45) is 0 Å². The Kier molecular flexibility index (Phi) is 9.85. The number of carbonyl (C=O) groups excluding carboxylic acids is 1. The normalized spacial score (nSPS) is 22.8. The van der Waals surface area contributed by atoms with E-state index >= 15 is 0 Å². The van der Waals surface area contributed by atoms with Gasteiger partial charge >= 0.3 is 0 Å². The summed E-state index contributed by atoms with van der Waals surface area (Å²) in [5, 5.41) is 22.4. The molecule has 1 fully saturated rings. The van der Waals surface area contributed by atoms with Crippen LogP contribution in [0.2, 0.25) is 5.28 Å². The highest BCUT2D eigenvalue weighted by Crippen LogP contribution is 2.35. The van der Waals surface area contributed by atoms with E-state index in [0.29, 0.717) is 11.8 Å². The molecule has 3 heterocycles. The Morgan fingerprint density at radius 2 is 1.85 bits per heavy atom. The number of rotatable bonds is 13. The van der Waals surface area contributed by atoms with Crippen molar-refractivity contribution in [3.8, 4) is 0 Å².